The Hall–Kier alpha value is -3.98. The van der Waals surface area contributed by atoms with E-state index in [1.165, 1.54) is 41.2 Å². The average molecular weight is 502 g/mol. The number of aliphatic hydroxyl groups excluding tert-OH is 1. The predicted molar refractivity (Wildman–Crippen MR) is 129 cm³/mol. The van der Waals surface area contributed by atoms with Crippen LogP contribution >= 0.6 is 0 Å². The number of morpholine rings is 1. The van der Waals surface area contributed by atoms with Crippen molar-refractivity contribution in [3.63, 3.8) is 0 Å². The molecule has 15 nitrogen and oxygen atoms in total. The molecule has 1 N–H and O–H groups in total. The number of aliphatic hydroxyl groups is 1. The number of nitrogens with zero attached hydrogens (tertiary/aromatic N) is 9. The van der Waals surface area contributed by atoms with Gasteiger partial charge in [0.2, 0.25) is 5.95 Å². The number of fused-ring (bicyclic) bond motifs is 2. The molecule has 0 radical (unpaired) electrons. The van der Waals surface area contributed by atoms with Crippen molar-refractivity contribution >= 4 is 28.3 Å². The molecule has 1 saturated heterocycles. The highest BCUT2D eigenvalue weighted by Gasteiger charge is 2.26. The van der Waals surface area contributed by atoms with Crippen LogP contribution in [0.2, 0.25) is 0 Å². The summed E-state index contributed by atoms with van der Waals surface area (Å²) < 4.78 is 13.1. The Kier molecular flexibility index (Phi) is 5.67. The first kappa shape index (κ1) is 23.7. The van der Waals surface area contributed by atoms with Gasteiger partial charge in [0.15, 0.2) is 22.3 Å². The molecule has 192 valence electrons. The van der Waals surface area contributed by atoms with Crippen LogP contribution in [0.3, 0.4) is 0 Å². The van der Waals surface area contributed by atoms with E-state index in [-0.39, 0.29) is 35.4 Å². The van der Waals surface area contributed by atoms with Gasteiger partial charge in [-0.25, -0.2) is 14.6 Å². The molecule has 0 aromatic carbocycles. The van der Waals surface area contributed by atoms with E-state index in [1.54, 1.807) is 11.6 Å². The Morgan fingerprint density at radius 1 is 0.861 bits per heavy atom. The van der Waals surface area contributed by atoms with Gasteiger partial charge >= 0.3 is 11.4 Å². The molecule has 0 amide bonds. The molecule has 36 heavy (non-hydrogen) atoms. The van der Waals surface area contributed by atoms with E-state index in [2.05, 4.69) is 9.97 Å². The van der Waals surface area contributed by atoms with E-state index < -0.39 is 28.6 Å². The number of hydrogen-bond acceptors (Lipinski definition) is 9. The fourth-order valence-electron chi connectivity index (χ4n) is 4.64. The molecule has 15 heteroatoms. The maximum Gasteiger partial charge on any atom is 0.332 e. The standard InChI is InChI=1S/C21H27N9O6/c1-24-15-13(17(32)26(3)20(24)34)29(11-22-15)9-12(31)10-30-14-16(25(2)21(35)27(4)18(14)33)23-19(30)28-5-7-36-8-6-28/h11-12,31H,5-10H2,1-4H3. The lowest BCUT2D eigenvalue weighted by Gasteiger charge is -2.28. The minimum atomic E-state index is -1.07. The second-order valence-corrected chi connectivity index (χ2v) is 8.93. The quantitative estimate of drug-likeness (QED) is 0.303. The Bertz CT molecular complexity index is 1730. The first-order chi connectivity index (χ1) is 17.1. The molecule has 1 fully saturated rings. The summed E-state index contributed by atoms with van der Waals surface area (Å²) in [5.74, 6) is 0.444. The molecule has 1 atom stereocenters. The largest absolute Gasteiger partial charge is 0.389 e. The zero-order chi connectivity index (χ0) is 25.9. The van der Waals surface area contributed by atoms with Crippen LogP contribution in [0.15, 0.2) is 25.5 Å². The highest BCUT2D eigenvalue weighted by Crippen LogP contribution is 2.21. The number of imidazole rings is 2. The van der Waals surface area contributed by atoms with Crippen molar-refractivity contribution in [2.75, 3.05) is 31.2 Å². The summed E-state index contributed by atoms with van der Waals surface area (Å²) in [4.78, 5) is 61.3. The lowest BCUT2D eigenvalue weighted by Crippen LogP contribution is -2.40. The molecule has 0 bridgehead atoms. The maximum absolute atomic E-state index is 13.1. The molecule has 5 heterocycles. The van der Waals surface area contributed by atoms with Crippen molar-refractivity contribution < 1.29 is 9.84 Å². The summed E-state index contributed by atoms with van der Waals surface area (Å²) in [6.45, 7) is 1.95. The Morgan fingerprint density at radius 3 is 2.08 bits per heavy atom. The fraction of sp³-hybridized carbons (Fsp3) is 0.524. The third kappa shape index (κ3) is 3.50. The lowest BCUT2D eigenvalue weighted by molar-refractivity contribution is 0.119. The highest BCUT2D eigenvalue weighted by atomic mass is 16.5. The van der Waals surface area contributed by atoms with Crippen molar-refractivity contribution in [3.8, 4) is 0 Å². The number of ether oxygens (including phenoxy) is 1. The molecule has 5 rings (SSSR count). The Morgan fingerprint density at radius 2 is 1.44 bits per heavy atom. The van der Waals surface area contributed by atoms with E-state index in [0.29, 0.717) is 32.3 Å². The van der Waals surface area contributed by atoms with Gasteiger partial charge < -0.3 is 23.9 Å². The monoisotopic (exact) mass is 501 g/mol. The number of anilines is 1. The number of hydrogen-bond donors (Lipinski definition) is 1. The SMILES string of the molecule is Cn1c(=O)c2c(ncn2CC(O)Cn2c(N3CCOCC3)nc3c2c(=O)n(C)c(=O)n3C)n(C)c1=O. The lowest BCUT2D eigenvalue weighted by atomic mass is 10.3. The summed E-state index contributed by atoms with van der Waals surface area (Å²) in [5.41, 5.74) is -1.25. The average Bonchev–Trinajstić information content (AvgIpc) is 3.46. The fourth-order valence-corrected chi connectivity index (χ4v) is 4.64. The molecule has 4 aromatic heterocycles. The van der Waals surface area contributed by atoms with Crippen LogP contribution in [0.4, 0.5) is 5.95 Å². The van der Waals surface area contributed by atoms with Gasteiger partial charge in [-0.1, -0.05) is 0 Å². The summed E-state index contributed by atoms with van der Waals surface area (Å²) in [6, 6.07) is 0. The van der Waals surface area contributed by atoms with Gasteiger partial charge in [0.25, 0.3) is 11.1 Å². The predicted octanol–water partition coefficient (Wildman–Crippen LogP) is -2.92. The highest BCUT2D eigenvalue weighted by molar-refractivity contribution is 5.74. The molecule has 1 aliphatic heterocycles. The van der Waals surface area contributed by atoms with Gasteiger partial charge in [-0.05, 0) is 0 Å². The zero-order valence-electron chi connectivity index (χ0n) is 20.4. The van der Waals surface area contributed by atoms with Crippen molar-refractivity contribution in [1.82, 2.24) is 37.4 Å². The van der Waals surface area contributed by atoms with Crippen molar-refractivity contribution in [2.24, 2.45) is 28.2 Å². The summed E-state index contributed by atoms with van der Waals surface area (Å²) in [7, 11) is 5.83. The molecule has 0 aliphatic carbocycles. The number of rotatable bonds is 5. The zero-order valence-corrected chi connectivity index (χ0v) is 20.4. The first-order valence-electron chi connectivity index (χ1n) is 11.4. The Balaban J connectivity index is 1.60. The number of aromatic nitrogens is 8. The third-order valence-electron chi connectivity index (χ3n) is 6.64. The summed E-state index contributed by atoms with van der Waals surface area (Å²) in [5, 5.41) is 11.1. The van der Waals surface area contributed by atoms with Crippen molar-refractivity contribution in [2.45, 2.75) is 19.2 Å². The van der Waals surface area contributed by atoms with E-state index in [9.17, 15) is 24.3 Å². The second kappa shape index (κ2) is 8.60. The number of aryl methyl sites for hydroxylation is 2. The molecular formula is C21H27N9O6. The van der Waals surface area contributed by atoms with Crippen LogP contribution in [0.1, 0.15) is 0 Å². The van der Waals surface area contributed by atoms with Gasteiger partial charge in [0.1, 0.15) is 0 Å². The molecule has 4 aromatic rings. The van der Waals surface area contributed by atoms with Gasteiger partial charge in [0.05, 0.1) is 38.7 Å². The Labute approximate surface area is 202 Å². The van der Waals surface area contributed by atoms with Crippen LogP contribution in [0, 0.1) is 0 Å². The van der Waals surface area contributed by atoms with Crippen LogP contribution in [-0.4, -0.2) is 74.9 Å². The van der Waals surface area contributed by atoms with Gasteiger partial charge in [-0.2, -0.15) is 4.98 Å². The minimum absolute atomic E-state index is 0.0295. The molecule has 0 spiro atoms. The van der Waals surface area contributed by atoms with E-state index in [0.717, 1.165) is 9.13 Å². The first-order valence-corrected chi connectivity index (χ1v) is 11.4. The summed E-state index contributed by atoms with van der Waals surface area (Å²) in [6.07, 6.45) is 0.329. The molecule has 1 aliphatic rings. The van der Waals surface area contributed by atoms with Crippen LogP contribution in [-0.2, 0) is 46.0 Å². The third-order valence-corrected chi connectivity index (χ3v) is 6.64. The van der Waals surface area contributed by atoms with Gasteiger partial charge in [0, 0.05) is 41.3 Å². The minimum Gasteiger partial charge on any atom is -0.389 e. The van der Waals surface area contributed by atoms with Gasteiger partial charge in [-0.15, -0.1) is 0 Å². The van der Waals surface area contributed by atoms with Crippen molar-refractivity contribution in [1.29, 1.82) is 0 Å². The van der Waals surface area contributed by atoms with Gasteiger partial charge in [-0.3, -0.25) is 27.9 Å². The maximum atomic E-state index is 13.1. The van der Waals surface area contributed by atoms with Crippen LogP contribution in [0.25, 0.3) is 22.3 Å². The van der Waals surface area contributed by atoms with Crippen molar-refractivity contribution in [3.05, 3.63) is 48.0 Å². The van der Waals surface area contributed by atoms with Crippen LogP contribution in [0.5, 0.6) is 0 Å². The molecule has 0 saturated carbocycles. The summed E-state index contributed by atoms with van der Waals surface area (Å²) >= 11 is 0. The second-order valence-electron chi connectivity index (χ2n) is 8.93. The van der Waals surface area contributed by atoms with E-state index >= 15 is 0 Å². The smallest absolute Gasteiger partial charge is 0.332 e. The molecular weight excluding hydrogens is 474 g/mol. The van der Waals surface area contributed by atoms with Crippen LogP contribution < -0.4 is 27.4 Å². The van der Waals surface area contributed by atoms with E-state index in [1.807, 2.05) is 4.90 Å². The molecule has 1 unspecified atom stereocenters. The normalized spacial score (nSPS) is 15.3. The topological polar surface area (TPSA) is 156 Å². The van der Waals surface area contributed by atoms with E-state index in [4.69, 9.17) is 4.74 Å².